The number of carbonyl (C=O) groups is 1. The van der Waals surface area contributed by atoms with Crippen molar-refractivity contribution in [3.05, 3.63) is 29.8 Å². The van der Waals surface area contributed by atoms with E-state index in [1.165, 1.54) is 0 Å². The SMILES string of the molecule is CCCN(CC)CC(=O)c1ccc(OC)cc1. The van der Waals surface area contributed by atoms with Crippen molar-refractivity contribution in [3.63, 3.8) is 0 Å². The van der Waals surface area contributed by atoms with Gasteiger partial charge in [-0.2, -0.15) is 0 Å². The number of ether oxygens (including phenoxy) is 1. The summed E-state index contributed by atoms with van der Waals surface area (Å²) in [7, 11) is 1.62. The Labute approximate surface area is 103 Å². The van der Waals surface area contributed by atoms with Crippen molar-refractivity contribution in [2.24, 2.45) is 0 Å². The zero-order chi connectivity index (χ0) is 12.7. The fraction of sp³-hybridized carbons (Fsp3) is 0.500. The molecule has 0 heterocycles. The Bertz CT molecular complexity index is 346. The van der Waals surface area contributed by atoms with Crippen molar-refractivity contribution in [1.29, 1.82) is 0 Å². The molecule has 0 aliphatic rings. The second kappa shape index (κ2) is 7.07. The van der Waals surface area contributed by atoms with Gasteiger partial charge in [0.1, 0.15) is 5.75 Å². The molecule has 0 aliphatic carbocycles. The Balaban J connectivity index is 2.62. The summed E-state index contributed by atoms with van der Waals surface area (Å²) in [5.74, 6) is 0.949. The topological polar surface area (TPSA) is 29.5 Å². The molecule has 0 aromatic heterocycles. The van der Waals surface area contributed by atoms with E-state index < -0.39 is 0 Å². The van der Waals surface area contributed by atoms with Crippen LogP contribution >= 0.6 is 0 Å². The predicted octanol–water partition coefficient (Wildman–Crippen LogP) is 2.61. The van der Waals surface area contributed by atoms with Gasteiger partial charge in [0.2, 0.25) is 0 Å². The molecule has 0 spiro atoms. The molecule has 0 fully saturated rings. The van der Waals surface area contributed by atoms with Crippen molar-refractivity contribution in [1.82, 2.24) is 4.90 Å². The quantitative estimate of drug-likeness (QED) is 0.680. The first-order valence-electron chi connectivity index (χ1n) is 6.10. The van der Waals surface area contributed by atoms with E-state index in [0.717, 1.165) is 30.8 Å². The van der Waals surface area contributed by atoms with Crippen LogP contribution in [0.1, 0.15) is 30.6 Å². The summed E-state index contributed by atoms with van der Waals surface area (Å²) in [6, 6.07) is 7.29. The van der Waals surface area contributed by atoms with Gasteiger partial charge in [-0.15, -0.1) is 0 Å². The molecule has 0 saturated carbocycles. The number of rotatable bonds is 7. The number of methoxy groups -OCH3 is 1. The van der Waals surface area contributed by atoms with Crippen LogP contribution in [0.25, 0.3) is 0 Å². The Morgan fingerprint density at radius 3 is 2.35 bits per heavy atom. The Hall–Kier alpha value is -1.35. The molecule has 3 nitrogen and oxygen atoms in total. The third kappa shape index (κ3) is 4.19. The lowest BCUT2D eigenvalue weighted by atomic mass is 10.1. The monoisotopic (exact) mass is 235 g/mol. The highest BCUT2D eigenvalue weighted by Gasteiger charge is 2.10. The molecule has 0 amide bonds. The van der Waals surface area contributed by atoms with E-state index in [2.05, 4.69) is 18.7 Å². The standard InChI is InChI=1S/C14H21NO2/c1-4-10-15(5-2)11-14(16)12-6-8-13(17-3)9-7-12/h6-9H,4-5,10-11H2,1-3H3. The van der Waals surface area contributed by atoms with Crippen LogP contribution in [0.4, 0.5) is 0 Å². The molecular weight excluding hydrogens is 214 g/mol. The summed E-state index contributed by atoms with van der Waals surface area (Å²) >= 11 is 0. The Kier molecular flexibility index (Phi) is 5.70. The van der Waals surface area contributed by atoms with E-state index in [1.54, 1.807) is 7.11 Å². The second-order valence-electron chi connectivity index (χ2n) is 4.02. The average Bonchev–Trinajstić information content (AvgIpc) is 2.38. The summed E-state index contributed by atoms with van der Waals surface area (Å²) in [6.07, 6.45) is 1.07. The second-order valence-corrected chi connectivity index (χ2v) is 4.02. The van der Waals surface area contributed by atoms with Crippen molar-refractivity contribution in [2.45, 2.75) is 20.3 Å². The minimum Gasteiger partial charge on any atom is -0.497 e. The number of nitrogens with zero attached hydrogens (tertiary/aromatic N) is 1. The van der Waals surface area contributed by atoms with Crippen molar-refractivity contribution in [3.8, 4) is 5.75 Å². The number of likely N-dealkylation sites (N-methyl/N-ethyl adjacent to an activating group) is 1. The first-order chi connectivity index (χ1) is 8.21. The zero-order valence-corrected chi connectivity index (χ0v) is 10.9. The highest BCUT2D eigenvalue weighted by Crippen LogP contribution is 2.12. The summed E-state index contributed by atoms with van der Waals surface area (Å²) in [5.41, 5.74) is 0.750. The normalized spacial score (nSPS) is 10.6. The van der Waals surface area contributed by atoms with E-state index in [4.69, 9.17) is 4.74 Å². The van der Waals surface area contributed by atoms with Crippen molar-refractivity contribution >= 4 is 5.78 Å². The van der Waals surface area contributed by atoms with Crippen LogP contribution < -0.4 is 4.74 Å². The largest absolute Gasteiger partial charge is 0.497 e. The molecule has 0 unspecified atom stereocenters. The summed E-state index contributed by atoms with van der Waals surface area (Å²) in [5, 5.41) is 0. The van der Waals surface area contributed by atoms with E-state index in [-0.39, 0.29) is 5.78 Å². The molecule has 1 aromatic carbocycles. The number of benzene rings is 1. The molecule has 1 rings (SSSR count). The maximum Gasteiger partial charge on any atom is 0.176 e. The summed E-state index contributed by atoms with van der Waals surface area (Å²) in [4.78, 5) is 14.2. The van der Waals surface area contributed by atoms with Gasteiger partial charge in [-0.05, 0) is 43.8 Å². The molecule has 0 aliphatic heterocycles. The summed E-state index contributed by atoms with van der Waals surface area (Å²) in [6.45, 7) is 6.59. The molecule has 1 aromatic rings. The van der Waals surface area contributed by atoms with Gasteiger partial charge in [0.25, 0.3) is 0 Å². The van der Waals surface area contributed by atoms with Crippen LogP contribution in [-0.4, -0.2) is 37.4 Å². The highest BCUT2D eigenvalue weighted by molar-refractivity contribution is 5.97. The first kappa shape index (κ1) is 13.7. The van der Waals surface area contributed by atoms with Gasteiger partial charge < -0.3 is 4.74 Å². The van der Waals surface area contributed by atoms with Gasteiger partial charge in [-0.25, -0.2) is 0 Å². The van der Waals surface area contributed by atoms with E-state index in [9.17, 15) is 4.79 Å². The lowest BCUT2D eigenvalue weighted by Crippen LogP contribution is -2.30. The number of ketones is 1. The van der Waals surface area contributed by atoms with Crippen LogP contribution in [0, 0.1) is 0 Å². The Morgan fingerprint density at radius 1 is 1.24 bits per heavy atom. The smallest absolute Gasteiger partial charge is 0.176 e. The van der Waals surface area contributed by atoms with Gasteiger partial charge in [0.15, 0.2) is 5.78 Å². The van der Waals surface area contributed by atoms with Crippen LogP contribution in [0.5, 0.6) is 5.75 Å². The minimum absolute atomic E-state index is 0.169. The number of hydrogen-bond donors (Lipinski definition) is 0. The van der Waals surface area contributed by atoms with Crippen LogP contribution in [0.15, 0.2) is 24.3 Å². The first-order valence-corrected chi connectivity index (χ1v) is 6.10. The molecule has 0 N–H and O–H groups in total. The molecular formula is C14H21NO2. The number of hydrogen-bond acceptors (Lipinski definition) is 3. The molecule has 0 bridgehead atoms. The van der Waals surface area contributed by atoms with E-state index >= 15 is 0 Å². The number of carbonyl (C=O) groups excluding carboxylic acids is 1. The number of Topliss-reactive ketones (excluding diaryl/α,β-unsaturated/α-hetero) is 1. The van der Waals surface area contributed by atoms with Crippen molar-refractivity contribution in [2.75, 3.05) is 26.7 Å². The van der Waals surface area contributed by atoms with Crippen LogP contribution in [0.2, 0.25) is 0 Å². The van der Waals surface area contributed by atoms with Crippen LogP contribution in [-0.2, 0) is 0 Å². The van der Waals surface area contributed by atoms with Gasteiger partial charge >= 0.3 is 0 Å². The van der Waals surface area contributed by atoms with Crippen LogP contribution in [0.3, 0.4) is 0 Å². The van der Waals surface area contributed by atoms with E-state index in [1.807, 2.05) is 24.3 Å². The lowest BCUT2D eigenvalue weighted by Gasteiger charge is -2.18. The van der Waals surface area contributed by atoms with Gasteiger partial charge in [0.05, 0.1) is 13.7 Å². The molecule has 3 heteroatoms. The summed E-state index contributed by atoms with van der Waals surface area (Å²) < 4.78 is 5.07. The molecule has 17 heavy (non-hydrogen) atoms. The van der Waals surface area contributed by atoms with Gasteiger partial charge in [0, 0.05) is 5.56 Å². The third-order valence-electron chi connectivity index (χ3n) is 2.77. The maximum atomic E-state index is 12.0. The average molecular weight is 235 g/mol. The minimum atomic E-state index is 0.169. The Morgan fingerprint density at radius 2 is 1.88 bits per heavy atom. The van der Waals surface area contributed by atoms with E-state index in [0.29, 0.717) is 6.54 Å². The predicted molar refractivity (Wildman–Crippen MR) is 69.7 cm³/mol. The maximum absolute atomic E-state index is 12.0. The zero-order valence-electron chi connectivity index (χ0n) is 10.9. The fourth-order valence-corrected chi connectivity index (χ4v) is 1.74. The van der Waals surface area contributed by atoms with Crippen molar-refractivity contribution < 1.29 is 9.53 Å². The van der Waals surface area contributed by atoms with Gasteiger partial charge in [-0.3, -0.25) is 9.69 Å². The fourth-order valence-electron chi connectivity index (χ4n) is 1.74. The molecule has 0 radical (unpaired) electrons. The molecule has 94 valence electrons. The highest BCUT2D eigenvalue weighted by atomic mass is 16.5. The lowest BCUT2D eigenvalue weighted by molar-refractivity contribution is 0.0934. The molecule has 0 atom stereocenters. The molecule has 0 saturated heterocycles. The van der Waals surface area contributed by atoms with Gasteiger partial charge in [-0.1, -0.05) is 13.8 Å². The third-order valence-corrected chi connectivity index (χ3v) is 2.77.